The Labute approximate surface area is 163 Å². The highest BCUT2D eigenvalue weighted by Gasteiger charge is 2.12. The van der Waals surface area contributed by atoms with Crippen LogP contribution >= 0.6 is 11.6 Å². The van der Waals surface area contributed by atoms with Gasteiger partial charge in [0.1, 0.15) is 0 Å². The van der Waals surface area contributed by atoms with Gasteiger partial charge in [-0.05, 0) is 36.1 Å². The van der Waals surface area contributed by atoms with E-state index in [1.165, 1.54) is 5.56 Å². The molecule has 0 unspecified atom stereocenters. The summed E-state index contributed by atoms with van der Waals surface area (Å²) in [6, 6.07) is 13.6. The van der Waals surface area contributed by atoms with E-state index < -0.39 is 0 Å². The first kappa shape index (κ1) is 19.1. The van der Waals surface area contributed by atoms with Crippen molar-refractivity contribution < 1.29 is 9.32 Å². The van der Waals surface area contributed by atoms with Gasteiger partial charge in [0.25, 0.3) is 0 Å². The molecule has 0 spiro atoms. The van der Waals surface area contributed by atoms with Crippen molar-refractivity contribution in [2.45, 2.75) is 39.5 Å². The van der Waals surface area contributed by atoms with Gasteiger partial charge >= 0.3 is 0 Å². The maximum absolute atomic E-state index is 12.1. The van der Waals surface area contributed by atoms with Crippen molar-refractivity contribution >= 4 is 23.2 Å². The molecule has 0 aliphatic carbocycles. The van der Waals surface area contributed by atoms with Crippen molar-refractivity contribution in [3.05, 3.63) is 64.5 Å². The third-order valence-electron chi connectivity index (χ3n) is 4.27. The summed E-state index contributed by atoms with van der Waals surface area (Å²) in [6.07, 6.45) is 0.602. The molecule has 0 saturated heterocycles. The number of aromatic nitrogens is 2. The minimum atomic E-state index is -0.151. The summed E-state index contributed by atoms with van der Waals surface area (Å²) < 4.78 is 5.27. The Morgan fingerprint density at radius 3 is 2.59 bits per heavy atom. The summed E-state index contributed by atoms with van der Waals surface area (Å²) in [6.45, 7) is 6.24. The molecule has 5 nitrogen and oxygen atoms in total. The maximum atomic E-state index is 12.1. The Balaban J connectivity index is 1.58. The molecule has 6 heteroatoms. The fraction of sp³-hybridized carbons (Fsp3) is 0.286. The molecule has 2 aromatic carbocycles. The third-order valence-corrected chi connectivity index (χ3v) is 4.58. The molecule has 140 valence electrons. The summed E-state index contributed by atoms with van der Waals surface area (Å²) in [7, 11) is 0. The van der Waals surface area contributed by atoms with Gasteiger partial charge in [-0.3, -0.25) is 4.79 Å². The zero-order chi connectivity index (χ0) is 19.4. The zero-order valence-corrected chi connectivity index (χ0v) is 16.4. The van der Waals surface area contributed by atoms with Crippen molar-refractivity contribution in [1.82, 2.24) is 10.1 Å². The number of halogens is 1. The zero-order valence-electron chi connectivity index (χ0n) is 15.6. The van der Waals surface area contributed by atoms with E-state index in [-0.39, 0.29) is 12.3 Å². The van der Waals surface area contributed by atoms with Crippen molar-refractivity contribution in [3.63, 3.8) is 0 Å². The highest BCUT2D eigenvalue weighted by Crippen LogP contribution is 2.23. The Bertz CT molecular complexity index is 933. The Morgan fingerprint density at radius 1 is 1.19 bits per heavy atom. The predicted molar refractivity (Wildman–Crippen MR) is 107 cm³/mol. The van der Waals surface area contributed by atoms with Gasteiger partial charge < -0.3 is 9.84 Å². The molecule has 27 heavy (non-hydrogen) atoms. The number of amides is 1. The standard InChI is InChI=1S/C21H22ClN3O2/c1-13(2)15-5-7-16(8-6-15)21-24-20(27-25-21)11-10-19(26)23-18-9-4-14(3)12-17(18)22/h4-9,12-13H,10-11H2,1-3H3,(H,23,26). The molecule has 0 saturated carbocycles. The third kappa shape index (κ3) is 4.95. The van der Waals surface area contributed by atoms with Crippen LogP contribution < -0.4 is 5.32 Å². The predicted octanol–water partition coefficient (Wildman–Crippen LogP) is 5.39. The normalized spacial score (nSPS) is 11.0. The lowest BCUT2D eigenvalue weighted by atomic mass is 10.0. The van der Waals surface area contributed by atoms with E-state index in [0.29, 0.717) is 34.8 Å². The molecule has 1 aromatic heterocycles. The number of hydrogen-bond acceptors (Lipinski definition) is 4. The molecule has 0 aliphatic heterocycles. The largest absolute Gasteiger partial charge is 0.339 e. The van der Waals surface area contributed by atoms with Crippen LogP contribution in [0.3, 0.4) is 0 Å². The monoisotopic (exact) mass is 383 g/mol. The number of nitrogens with one attached hydrogen (secondary N) is 1. The minimum Gasteiger partial charge on any atom is -0.339 e. The van der Waals surface area contributed by atoms with E-state index in [4.69, 9.17) is 16.1 Å². The van der Waals surface area contributed by atoms with Crippen LogP contribution in [0.15, 0.2) is 47.0 Å². The maximum Gasteiger partial charge on any atom is 0.227 e. The highest BCUT2D eigenvalue weighted by molar-refractivity contribution is 6.33. The van der Waals surface area contributed by atoms with Crippen LogP contribution in [0, 0.1) is 6.92 Å². The topological polar surface area (TPSA) is 68.0 Å². The average molecular weight is 384 g/mol. The Kier molecular flexibility index (Phi) is 5.91. The van der Waals surface area contributed by atoms with E-state index in [2.05, 4.69) is 41.4 Å². The summed E-state index contributed by atoms with van der Waals surface area (Å²) in [5.74, 6) is 1.28. The first-order valence-corrected chi connectivity index (χ1v) is 9.29. The number of hydrogen-bond donors (Lipinski definition) is 1. The molecule has 0 fully saturated rings. The number of rotatable bonds is 6. The average Bonchev–Trinajstić information content (AvgIpc) is 3.11. The molecule has 3 aromatic rings. The van der Waals surface area contributed by atoms with Gasteiger partial charge in [-0.2, -0.15) is 4.98 Å². The van der Waals surface area contributed by atoms with E-state index in [1.807, 2.05) is 31.2 Å². The molecule has 1 heterocycles. The molecule has 0 radical (unpaired) electrons. The van der Waals surface area contributed by atoms with E-state index in [1.54, 1.807) is 6.07 Å². The molecule has 0 bridgehead atoms. The lowest BCUT2D eigenvalue weighted by Gasteiger charge is -2.07. The quantitative estimate of drug-likeness (QED) is 0.619. The molecule has 3 rings (SSSR count). The highest BCUT2D eigenvalue weighted by atomic mass is 35.5. The fourth-order valence-electron chi connectivity index (χ4n) is 2.65. The number of carbonyl (C=O) groups excluding carboxylic acids is 1. The first-order chi connectivity index (χ1) is 12.9. The number of carbonyl (C=O) groups is 1. The molecule has 1 N–H and O–H groups in total. The SMILES string of the molecule is Cc1ccc(NC(=O)CCc2nc(-c3ccc(C(C)C)cc3)no2)c(Cl)c1. The molecular formula is C21H22ClN3O2. The molecular weight excluding hydrogens is 362 g/mol. The van der Waals surface area contributed by atoms with Crippen LogP contribution in [0.25, 0.3) is 11.4 Å². The van der Waals surface area contributed by atoms with Gasteiger partial charge in [-0.1, -0.05) is 60.9 Å². The van der Waals surface area contributed by atoms with Gasteiger partial charge in [-0.15, -0.1) is 0 Å². The van der Waals surface area contributed by atoms with Crippen molar-refractivity contribution in [2.75, 3.05) is 5.32 Å². The van der Waals surface area contributed by atoms with Crippen LogP contribution in [0.1, 0.15) is 43.2 Å². The van der Waals surface area contributed by atoms with E-state index in [9.17, 15) is 4.79 Å². The second kappa shape index (κ2) is 8.35. The number of benzene rings is 2. The van der Waals surface area contributed by atoms with Gasteiger partial charge in [0.05, 0.1) is 10.7 Å². The molecule has 0 aliphatic rings. The molecule has 0 atom stereocenters. The smallest absolute Gasteiger partial charge is 0.227 e. The summed E-state index contributed by atoms with van der Waals surface area (Å²) >= 11 is 6.14. The summed E-state index contributed by atoms with van der Waals surface area (Å²) in [4.78, 5) is 16.5. The van der Waals surface area contributed by atoms with Crippen LogP contribution in [0.2, 0.25) is 5.02 Å². The van der Waals surface area contributed by atoms with Crippen LogP contribution in [0.5, 0.6) is 0 Å². The summed E-state index contributed by atoms with van der Waals surface area (Å²) in [5, 5.41) is 7.33. The van der Waals surface area contributed by atoms with E-state index >= 15 is 0 Å². The number of anilines is 1. The van der Waals surface area contributed by atoms with E-state index in [0.717, 1.165) is 11.1 Å². The second-order valence-corrected chi connectivity index (χ2v) is 7.23. The Morgan fingerprint density at radius 2 is 1.93 bits per heavy atom. The summed E-state index contributed by atoms with van der Waals surface area (Å²) in [5.41, 5.74) is 3.79. The minimum absolute atomic E-state index is 0.151. The van der Waals surface area contributed by atoms with Crippen molar-refractivity contribution in [2.24, 2.45) is 0 Å². The van der Waals surface area contributed by atoms with Crippen LogP contribution in [0.4, 0.5) is 5.69 Å². The number of aryl methyl sites for hydroxylation is 2. The van der Waals surface area contributed by atoms with Gasteiger partial charge in [0, 0.05) is 18.4 Å². The van der Waals surface area contributed by atoms with Gasteiger partial charge in [0.15, 0.2) is 0 Å². The molecule has 1 amide bonds. The van der Waals surface area contributed by atoms with Crippen molar-refractivity contribution in [1.29, 1.82) is 0 Å². The number of nitrogens with zero attached hydrogens (tertiary/aromatic N) is 2. The van der Waals surface area contributed by atoms with Gasteiger partial charge in [-0.25, -0.2) is 0 Å². The van der Waals surface area contributed by atoms with Gasteiger partial charge in [0.2, 0.25) is 17.6 Å². The fourth-order valence-corrected chi connectivity index (χ4v) is 2.93. The lowest BCUT2D eigenvalue weighted by Crippen LogP contribution is -2.12. The Hall–Kier alpha value is -2.66. The lowest BCUT2D eigenvalue weighted by molar-refractivity contribution is -0.116. The van der Waals surface area contributed by atoms with Crippen LogP contribution in [-0.4, -0.2) is 16.0 Å². The van der Waals surface area contributed by atoms with Crippen LogP contribution in [-0.2, 0) is 11.2 Å². The second-order valence-electron chi connectivity index (χ2n) is 6.82. The first-order valence-electron chi connectivity index (χ1n) is 8.91. The van der Waals surface area contributed by atoms with Crippen molar-refractivity contribution in [3.8, 4) is 11.4 Å².